The van der Waals surface area contributed by atoms with Crippen molar-refractivity contribution < 1.29 is 0 Å². The number of nitrogens with zero attached hydrogens (tertiary/aromatic N) is 6. The third kappa shape index (κ3) is 12.4. The van der Waals surface area contributed by atoms with Gasteiger partial charge < -0.3 is 27.4 Å². The molecule has 6 nitrogen and oxygen atoms in total. The molecule has 22 aromatic carbocycles. The summed E-state index contributed by atoms with van der Waals surface area (Å²) in [6, 6.07) is 189. The van der Waals surface area contributed by atoms with E-state index in [-0.39, 0.29) is 0 Å². The van der Waals surface area contributed by atoms with E-state index in [1.54, 1.807) is 0 Å². The van der Waals surface area contributed by atoms with Crippen LogP contribution >= 0.6 is 0 Å². The minimum atomic E-state index is 1.11. The Labute approximate surface area is 796 Å². The number of rotatable bonds is 15. The summed E-state index contributed by atoms with van der Waals surface area (Å²) in [6.07, 6.45) is 0. The van der Waals surface area contributed by atoms with Crippen LogP contribution in [-0.4, -0.2) is 27.4 Å². The fourth-order valence-corrected chi connectivity index (χ4v) is 22.8. The van der Waals surface area contributed by atoms with Gasteiger partial charge >= 0.3 is 0 Å². The SMILES string of the molecule is c1ccc(-c2ccc(-c3ccc(-n4c5ccc(-c6cccc(-c7cccc(-c8ccccc8-n8c9ccccc9c9c%10c%11ccc(-c%12ccc(-c%13cccc(-n%14c%15ccccc%15c%15c%16c%17ccccc%17n(-c%17ccccc%17-c%17ccccc%17)c%16ccc%15%14)c%13)cc%12)cc%11n(-c%11ccccc%11)c%10ccc98)c7)c6)cc5c5c6c7ccccc7n(-c7ccc(-c8ccccc8)cc7)c6ccc54)cc3)cc2)cc1. The number of benzene rings is 22. The van der Waals surface area contributed by atoms with Crippen molar-refractivity contribution in [3.05, 3.63) is 510 Å². The summed E-state index contributed by atoms with van der Waals surface area (Å²) in [6.45, 7) is 0. The summed E-state index contributed by atoms with van der Waals surface area (Å²) in [7, 11) is 0. The third-order valence-corrected chi connectivity index (χ3v) is 29.0. The fourth-order valence-electron chi connectivity index (χ4n) is 22.8. The van der Waals surface area contributed by atoms with Crippen LogP contribution in [-0.2, 0) is 0 Å². The largest absolute Gasteiger partial charge is 0.309 e. The molecule has 138 heavy (non-hydrogen) atoms. The predicted molar refractivity (Wildman–Crippen MR) is 581 cm³/mol. The summed E-state index contributed by atoms with van der Waals surface area (Å²) in [5.41, 5.74) is 41.7. The molecular formula is C132H84N6. The smallest absolute Gasteiger partial charge is 0.0549 e. The van der Waals surface area contributed by atoms with Crippen molar-refractivity contribution in [2.75, 3.05) is 0 Å². The Balaban J connectivity index is 0.522. The van der Waals surface area contributed by atoms with E-state index in [1.165, 1.54) is 137 Å². The number of hydrogen-bond donors (Lipinski definition) is 0. The van der Waals surface area contributed by atoms with Gasteiger partial charge in [0, 0.05) is 98.5 Å². The maximum absolute atomic E-state index is 2.52. The molecule has 0 saturated heterocycles. The van der Waals surface area contributed by atoms with E-state index in [0.29, 0.717) is 0 Å². The van der Waals surface area contributed by atoms with Crippen molar-refractivity contribution in [2.24, 2.45) is 0 Å². The zero-order valence-electron chi connectivity index (χ0n) is 75.2. The first-order valence-corrected chi connectivity index (χ1v) is 47.6. The minimum Gasteiger partial charge on any atom is -0.309 e. The van der Waals surface area contributed by atoms with E-state index in [4.69, 9.17) is 0 Å². The topological polar surface area (TPSA) is 29.6 Å². The van der Waals surface area contributed by atoms with Crippen molar-refractivity contribution in [3.63, 3.8) is 0 Å². The quantitative estimate of drug-likeness (QED) is 0.0979. The summed E-state index contributed by atoms with van der Waals surface area (Å²) in [5, 5.41) is 14.7. The van der Waals surface area contributed by atoms with E-state index in [0.717, 1.165) is 128 Å². The summed E-state index contributed by atoms with van der Waals surface area (Å²) < 4.78 is 14.9. The molecule has 0 aliphatic heterocycles. The molecule has 28 rings (SSSR count). The molecule has 6 heterocycles. The van der Waals surface area contributed by atoms with Crippen molar-refractivity contribution in [1.82, 2.24) is 27.4 Å². The van der Waals surface area contributed by atoms with Crippen LogP contribution in [0.25, 0.3) is 265 Å². The van der Waals surface area contributed by atoms with Crippen LogP contribution in [0.4, 0.5) is 0 Å². The zero-order valence-corrected chi connectivity index (χ0v) is 75.2. The van der Waals surface area contributed by atoms with Gasteiger partial charge in [-0.05, 0) is 241 Å². The van der Waals surface area contributed by atoms with E-state index < -0.39 is 0 Å². The average Bonchev–Trinajstić information content (AvgIpc) is 1.55. The summed E-state index contributed by atoms with van der Waals surface area (Å²) in [5.74, 6) is 0. The number of para-hydroxylation sites is 7. The molecule has 0 radical (unpaired) electrons. The molecule has 6 aromatic heterocycles. The first-order valence-electron chi connectivity index (χ1n) is 47.6. The molecule has 0 amide bonds. The third-order valence-electron chi connectivity index (χ3n) is 29.0. The predicted octanol–water partition coefficient (Wildman–Crippen LogP) is 35.3. The van der Waals surface area contributed by atoms with Crippen molar-refractivity contribution in [1.29, 1.82) is 0 Å². The highest BCUT2D eigenvalue weighted by Gasteiger charge is 2.28. The lowest BCUT2D eigenvalue weighted by Crippen LogP contribution is -1.97. The van der Waals surface area contributed by atoms with Crippen LogP contribution in [0.1, 0.15) is 0 Å². The monoisotopic (exact) mass is 1750 g/mol. The van der Waals surface area contributed by atoms with E-state index in [2.05, 4.69) is 537 Å². The van der Waals surface area contributed by atoms with Crippen LogP contribution in [0.15, 0.2) is 510 Å². The summed E-state index contributed by atoms with van der Waals surface area (Å²) >= 11 is 0. The number of aromatic nitrogens is 6. The Morgan fingerprint density at radius 3 is 0.790 bits per heavy atom. The van der Waals surface area contributed by atoms with Gasteiger partial charge in [-0.2, -0.15) is 0 Å². The Morgan fingerprint density at radius 1 is 0.101 bits per heavy atom. The van der Waals surface area contributed by atoms with Gasteiger partial charge in [0.1, 0.15) is 0 Å². The maximum Gasteiger partial charge on any atom is 0.0549 e. The molecule has 28 aromatic rings. The Kier molecular flexibility index (Phi) is 18.0. The van der Waals surface area contributed by atoms with Crippen LogP contribution in [0, 0.1) is 0 Å². The molecule has 0 aliphatic carbocycles. The second-order valence-corrected chi connectivity index (χ2v) is 36.5. The fraction of sp³-hybridized carbons (Fsp3) is 0. The van der Waals surface area contributed by atoms with E-state index in [9.17, 15) is 0 Å². The second-order valence-electron chi connectivity index (χ2n) is 36.5. The van der Waals surface area contributed by atoms with E-state index >= 15 is 0 Å². The zero-order chi connectivity index (χ0) is 90.6. The minimum absolute atomic E-state index is 1.11. The molecule has 0 spiro atoms. The molecule has 0 fully saturated rings. The summed E-state index contributed by atoms with van der Waals surface area (Å²) in [4.78, 5) is 0. The second kappa shape index (κ2) is 31.7. The molecule has 0 atom stereocenters. The molecule has 642 valence electrons. The van der Waals surface area contributed by atoms with Gasteiger partial charge in [-0.25, -0.2) is 0 Å². The lowest BCUT2D eigenvalue weighted by atomic mass is 9.95. The molecule has 6 heteroatoms. The normalized spacial score (nSPS) is 11.9. The molecule has 0 bridgehead atoms. The highest BCUT2D eigenvalue weighted by atomic mass is 15.0. The Bertz CT molecular complexity index is 9770. The van der Waals surface area contributed by atoms with Gasteiger partial charge in [-0.15, -0.1) is 0 Å². The van der Waals surface area contributed by atoms with Crippen molar-refractivity contribution in [3.8, 4) is 134 Å². The van der Waals surface area contributed by atoms with Crippen molar-refractivity contribution >= 4 is 131 Å². The lowest BCUT2D eigenvalue weighted by Gasteiger charge is -2.15. The van der Waals surface area contributed by atoms with Gasteiger partial charge in [-0.3, -0.25) is 0 Å². The lowest BCUT2D eigenvalue weighted by molar-refractivity contribution is 1.17. The standard InChI is InChI=1S/C132H84N6/c1-5-28-85(29-6-1)87-54-56-88(57-55-87)90-64-70-103(71-65-90)134-119-73-67-98(83-112(119)132-123(134)75-74-120-128(132)107-44-15-21-50-115(107)133(120)102-68-62-89(63-69-102)86-30-7-2-8-31-86)95-35-25-34-94(80-95)96-36-26-38-100(81-96)106-43-14-20-49-114(106)138-118-53-24-18-47-110(118)130-125(138)78-76-121-131(130)111-72-66-99(84-126(111)135(121)101-39-11-4-12-40-101)92-60-58-91(59-61-92)97-37-27-41-104(82-97)136-116-51-22-16-45-108(116)127-122(136)77-79-124-129(127)109-46-17-23-52-117(109)137(124)113-48-19-13-42-105(113)93-32-9-3-10-33-93/h1-84H. The number of hydrogen-bond acceptors (Lipinski definition) is 0. The van der Waals surface area contributed by atoms with Crippen LogP contribution in [0.2, 0.25) is 0 Å². The molecular weight excluding hydrogens is 1670 g/mol. The van der Waals surface area contributed by atoms with Gasteiger partial charge in [-0.1, -0.05) is 358 Å². The molecule has 0 N–H and O–H groups in total. The number of fused-ring (bicyclic) bond motifs is 21. The van der Waals surface area contributed by atoms with Crippen LogP contribution in [0.3, 0.4) is 0 Å². The van der Waals surface area contributed by atoms with Gasteiger partial charge in [0.05, 0.1) is 77.6 Å². The van der Waals surface area contributed by atoms with Gasteiger partial charge in [0.15, 0.2) is 0 Å². The van der Waals surface area contributed by atoms with Gasteiger partial charge in [0.2, 0.25) is 0 Å². The van der Waals surface area contributed by atoms with Gasteiger partial charge in [0.25, 0.3) is 0 Å². The van der Waals surface area contributed by atoms with E-state index in [1.807, 2.05) is 0 Å². The first-order chi connectivity index (χ1) is 68.5. The highest BCUT2D eigenvalue weighted by molar-refractivity contribution is 6.32. The molecule has 0 aliphatic rings. The molecule has 0 unspecified atom stereocenters. The average molecular weight is 1750 g/mol. The Hall–Kier alpha value is -18.4. The first kappa shape index (κ1) is 78.3. The molecule has 0 saturated carbocycles. The highest BCUT2D eigenvalue weighted by Crippen LogP contribution is 2.50. The maximum atomic E-state index is 2.52. The van der Waals surface area contributed by atoms with Crippen molar-refractivity contribution in [2.45, 2.75) is 0 Å². The Morgan fingerprint density at radius 2 is 0.341 bits per heavy atom. The van der Waals surface area contributed by atoms with Crippen LogP contribution in [0.5, 0.6) is 0 Å². The van der Waals surface area contributed by atoms with Crippen LogP contribution < -0.4 is 0 Å².